The van der Waals surface area contributed by atoms with Gasteiger partial charge in [-0.15, -0.1) is 0 Å². The number of nitrogens with one attached hydrogen (secondary N) is 1. The molecule has 0 amide bonds. The van der Waals surface area contributed by atoms with Crippen molar-refractivity contribution in [2.75, 3.05) is 13.2 Å². The fourth-order valence-corrected chi connectivity index (χ4v) is 4.47. The molecular weight excluding hydrogens is 205 g/mol. The molecule has 0 radical (unpaired) electrons. The van der Waals surface area contributed by atoms with Gasteiger partial charge in [-0.1, -0.05) is 0 Å². The number of hydrogen-bond donors (Lipinski definition) is 2. The third kappa shape index (κ3) is 3.72. The van der Waals surface area contributed by atoms with Gasteiger partial charge < -0.3 is 0 Å². The van der Waals surface area contributed by atoms with Gasteiger partial charge in [0.15, 0.2) is 0 Å². The Morgan fingerprint density at radius 3 is 2.92 bits per heavy atom. The third-order valence-electron chi connectivity index (χ3n) is 1.96. The first-order valence-corrected chi connectivity index (χ1v) is 7.94. The molecule has 3 nitrogen and oxygen atoms in total. The molecule has 80 valence electrons. The molecular formula is C8H20NO2PS. The van der Waals surface area contributed by atoms with E-state index in [1.807, 2.05) is 6.92 Å². The number of rotatable bonds is 4. The van der Waals surface area contributed by atoms with Crippen LogP contribution in [0.25, 0.3) is 0 Å². The van der Waals surface area contributed by atoms with Crippen LogP contribution in [0.1, 0.15) is 27.2 Å². The van der Waals surface area contributed by atoms with E-state index in [9.17, 15) is 0 Å². The molecule has 1 saturated heterocycles. The monoisotopic (exact) mass is 225 g/mol. The summed E-state index contributed by atoms with van der Waals surface area (Å²) in [6, 6.07) is 0.427. The minimum absolute atomic E-state index is 0.427. The molecule has 0 aromatic heterocycles. The van der Waals surface area contributed by atoms with Crippen LogP contribution < -0.4 is 5.09 Å². The van der Waals surface area contributed by atoms with Crippen molar-refractivity contribution in [3.8, 4) is 0 Å². The molecule has 1 aliphatic rings. The second-order valence-corrected chi connectivity index (χ2v) is 7.59. The van der Waals surface area contributed by atoms with Gasteiger partial charge in [0, 0.05) is 0 Å². The van der Waals surface area contributed by atoms with E-state index >= 15 is 0 Å². The molecule has 1 aliphatic heterocycles. The standard InChI is InChI=1S/C8H20NO2PS/c1-4-10-12(13)9-8(6-11-12)5-7(2)3/h7-9,12-13H,4-6H2,1-3H3/t8-/m0/s1. The van der Waals surface area contributed by atoms with Crippen LogP contribution in [0.3, 0.4) is 0 Å². The van der Waals surface area contributed by atoms with E-state index in [1.54, 1.807) is 0 Å². The summed E-state index contributed by atoms with van der Waals surface area (Å²) in [4.78, 5) is 0. The summed E-state index contributed by atoms with van der Waals surface area (Å²) in [7, 11) is -2.27. The van der Waals surface area contributed by atoms with Crippen molar-refractivity contribution >= 4 is 19.3 Å². The zero-order valence-electron chi connectivity index (χ0n) is 8.54. The SMILES string of the molecule is CCO[PH]1(S)N[C@@H](CC(C)C)CO1. The molecule has 1 rings (SSSR count). The zero-order valence-corrected chi connectivity index (χ0v) is 10.4. The van der Waals surface area contributed by atoms with Crippen molar-refractivity contribution in [1.82, 2.24) is 5.09 Å². The van der Waals surface area contributed by atoms with Gasteiger partial charge in [0.05, 0.1) is 0 Å². The van der Waals surface area contributed by atoms with E-state index in [-0.39, 0.29) is 0 Å². The van der Waals surface area contributed by atoms with Crippen LogP contribution in [0.5, 0.6) is 0 Å². The minimum atomic E-state index is -2.27. The van der Waals surface area contributed by atoms with Crippen molar-refractivity contribution in [2.45, 2.75) is 33.2 Å². The molecule has 1 N–H and O–H groups in total. The number of hydrogen-bond acceptors (Lipinski definition) is 4. The summed E-state index contributed by atoms with van der Waals surface area (Å²) in [5.41, 5.74) is 0. The van der Waals surface area contributed by atoms with Gasteiger partial charge in [-0.3, -0.25) is 0 Å². The Morgan fingerprint density at radius 2 is 2.38 bits per heavy atom. The van der Waals surface area contributed by atoms with E-state index in [1.165, 1.54) is 0 Å². The Balaban J connectivity index is 2.34. The molecule has 1 atom stereocenters. The molecule has 1 heterocycles. The van der Waals surface area contributed by atoms with Crippen molar-refractivity contribution in [1.29, 1.82) is 0 Å². The van der Waals surface area contributed by atoms with Crippen molar-refractivity contribution in [2.24, 2.45) is 5.92 Å². The first-order valence-electron chi connectivity index (χ1n) is 4.83. The van der Waals surface area contributed by atoms with Gasteiger partial charge in [0.2, 0.25) is 0 Å². The second-order valence-electron chi connectivity index (χ2n) is 3.80. The average Bonchev–Trinajstić information content (AvgIpc) is 2.31. The van der Waals surface area contributed by atoms with Gasteiger partial charge in [0.25, 0.3) is 0 Å². The average molecular weight is 225 g/mol. The van der Waals surface area contributed by atoms with Crippen LogP contribution in [0.2, 0.25) is 0 Å². The summed E-state index contributed by atoms with van der Waals surface area (Å²) in [6.45, 7) is 7.79. The maximum absolute atomic E-state index is 5.56. The zero-order chi connectivity index (χ0) is 9.90. The van der Waals surface area contributed by atoms with Crippen LogP contribution in [0, 0.1) is 5.92 Å². The van der Waals surface area contributed by atoms with Crippen LogP contribution in [0.4, 0.5) is 0 Å². The number of thiol groups is 1. The van der Waals surface area contributed by atoms with Crippen LogP contribution in [-0.4, -0.2) is 19.3 Å². The molecule has 1 fully saturated rings. The van der Waals surface area contributed by atoms with Crippen LogP contribution in [0.15, 0.2) is 0 Å². The van der Waals surface area contributed by atoms with Gasteiger partial charge in [-0.2, -0.15) is 0 Å². The third-order valence-corrected chi connectivity index (χ3v) is 5.14. The van der Waals surface area contributed by atoms with E-state index < -0.39 is 7.07 Å². The van der Waals surface area contributed by atoms with Gasteiger partial charge in [-0.05, 0) is 0 Å². The molecule has 0 spiro atoms. The summed E-state index contributed by atoms with van der Waals surface area (Å²) >= 11 is 4.43. The van der Waals surface area contributed by atoms with E-state index in [0.29, 0.717) is 18.6 Å². The fraction of sp³-hybridized carbons (Fsp3) is 1.00. The summed E-state index contributed by atoms with van der Waals surface area (Å²) in [5.74, 6) is 0.687. The van der Waals surface area contributed by atoms with E-state index in [4.69, 9.17) is 9.05 Å². The molecule has 0 aromatic carbocycles. The first-order chi connectivity index (χ1) is 6.06. The van der Waals surface area contributed by atoms with Gasteiger partial charge >= 0.3 is 85.8 Å². The predicted molar refractivity (Wildman–Crippen MR) is 61.3 cm³/mol. The Hall–Kier alpha value is 0.660. The van der Waals surface area contributed by atoms with E-state index in [2.05, 4.69) is 31.2 Å². The normalized spacial score (nSPS) is 29.5. The second kappa shape index (κ2) is 4.94. The summed E-state index contributed by atoms with van der Waals surface area (Å²) in [6.07, 6.45) is 1.13. The molecule has 0 aromatic rings. The van der Waals surface area contributed by atoms with Crippen LogP contribution in [-0.2, 0) is 9.05 Å². The molecule has 0 bridgehead atoms. The molecule has 5 heteroatoms. The summed E-state index contributed by atoms with van der Waals surface area (Å²) < 4.78 is 11.0. The fourth-order valence-electron chi connectivity index (χ4n) is 1.53. The molecule has 0 aliphatic carbocycles. The Morgan fingerprint density at radius 1 is 1.69 bits per heavy atom. The van der Waals surface area contributed by atoms with Crippen molar-refractivity contribution in [3.05, 3.63) is 0 Å². The first kappa shape index (κ1) is 11.7. The Bertz CT molecular complexity index is 170. The summed E-state index contributed by atoms with van der Waals surface area (Å²) in [5, 5.41) is 3.36. The van der Waals surface area contributed by atoms with Crippen molar-refractivity contribution < 1.29 is 9.05 Å². The van der Waals surface area contributed by atoms with Gasteiger partial charge in [-0.25, -0.2) is 0 Å². The molecule has 0 saturated carbocycles. The van der Waals surface area contributed by atoms with Crippen molar-refractivity contribution in [3.63, 3.8) is 0 Å². The Kier molecular flexibility index (Phi) is 4.46. The molecule has 0 unspecified atom stereocenters. The van der Waals surface area contributed by atoms with Crippen LogP contribution >= 0.6 is 19.3 Å². The topological polar surface area (TPSA) is 30.5 Å². The Labute approximate surface area is 86.3 Å². The van der Waals surface area contributed by atoms with Gasteiger partial charge in [0.1, 0.15) is 0 Å². The van der Waals surface area contributed by atoms with E-state index in [0.717, 1.165) is 13.0 Å². The molecule has 13 heavy (non-hydrogen) atoms. The quantitative estimate of drug-likeness (QED) is 0.569. The predicted octanol–water partition coefficient (Wildman–Crippen LogP) is 2.40. The maximum atomic E-state index is 5.56.